The molecule has 2 nitrogen and oxygen atoms in total. The predicted molar refractivity (Wildman–Crippen MR) is 32.9 cm³/mol. The summed E-state index contributed by atoms with van der Waals surface area (Å²) >= 11 is 2.00. The van der Waals surface area contributed by atoms with Gasteiger partial charge < -0.3 is 4.52 Å². The van der Waals surface area contributed by atoms with E-state index < -0.39 is 0 Å². The maximum absolute atomic E-state index is 4.81. The Labute approximate surface area is 57.7 Å². The Morgan fingerprint density at radius 3 is 2.43 bits per heavy atom. The summed E-state index contributed by atoms with van der Waals surface area (Å²) in [5.74, 6) is 0. The Bertz CT molecular complexity index is 145. The maximum Gasteiger partial charge on any atom is 0.323 e. The van der Waals surface area contributed by atoms with Crippen molar-refractivity contribution in [3.8, 4) is 0 Å². The van der Waals surface area contributed by atoms with Gasteiger partial charge in [0.15, 0.2) is 0 Å². The molecule has 4 heteroatoms. The molecule has 0 aliphatic carbocycles. The standard InChI is InChI=1S/C3HNO.2Al.4H/c1-2-4-5-3-1;;;;;;/h1H;;;;;;. The normalized spacial score (nSPS) is 9.14. The van der Waals surface area contributed by atoms with Gasteiger partial charge in [-0.15, -0.1) is 5.16 Å². The highest BCUT2D eigenvalue weighted by Crippen LogP contribution is 1.63. The Kier molecular flexibility index (Phi) is 1.57. The van der Waals surface area contributed by atoms with Crippen LogP contribution in [-0.4, -0.2) is 37.7 Å². The van der Waals surface area contributed by atoms with E-state index in [4.69, 9.17) is 4.52 Å². The topological polar surface area (TPSA) is 26.0 Å². The van der Waals surface area contributed by atoms with Gasteiger partial charge in [0.1, 0.15) is 0 Å². The molecule has 0 aromatic carbocycles. The highest BCUT2D eigenvalue weighted by Gasteiger charge is 1.88. The predicted octanol–water partition coefficient (Wildman–Crippen LogP) is -2.81. The molecular weight excluding hydrogens is 120 g/mol. The second-order valence-corrected chi connectivity index (χ2v) is 3.59. The van der Waals surface area contributed by atoms with E-state index in [0.29, 0.717) is 0 Å². The molecule has 0 N–H and O–H groups in total. The van der Waals surface area contributed by atoms with Crippen molar-refractivity contribution in [1.82, 2.24) is 5.16 Å². The monoisotopic (exact) mass is 125 g/mol. The first-order valence-electron chi connectivity index (χ1n) is 2.19. The van der Waals surface area contributed by atoms with Gasteiger partial charge >= 0.3 is 16.3 Å². The summed E-state index contributed by atoms with van der Waals surface area (Å²) in [6, 6.07) is 2.01. The molecule has 0 unspecified atom stereocenters. The van der Waals surface area contributed by atoms with Crippen LogP contribution in [0.15, 0.2) is 10.6 Å². The molecule has 1 rings (SSSR count). The van der Waals surface area contributed by atoms with Crippen LogP contribution in [0.5, 0.6) is 0 Å². The average Bonchev–Trinajstić information content (AvgIpc) is 1.87. The molecular formula is C3H5Al2NO. The van der Waals surface area contributed by atoms with Gasteiger partial charge in [-0.3, -0.25) is 0 Å². The fourth-order valence-electron chi connectivity index (χ4n) is 0.491. The van der Waals surface area contributed by atoms with E-state index in [1.807, 2.05) is 6.07 Å². The number of hydrogen-bond donors (Lipinski definition) is 0. The van der Waals surface area contributed by atoms with Crippen molar-refractivity contribution in [2.45, 2.75) is 0 Å². The van der Waals surface area contributed by atoms with E-state index in [0.717, 1.165) is 41.8 Å². The minimum absolute atomic E-state index is 0.988. The molecule has 0 aliphatic rings. The van der Waals surface area contributed by atoms with Crippen LogP contribution in [0.4, 0.5) is 0 Å². The molecule has 0 bridgehead atoms. The van der Waals surface area contributed by atoms with Gasteiger partial charge in [0.2, 0.25) is 0 Å². The molecule has 1 aromatic rings. The molecule has 0 atom stereocenters. The molecule has 0 saturated carbocycles. The molecule has 0 amide bonds. The molecule has 1 aromatic heterocycles. The molecule has 34 valence electrons. The van der Waals surface area contributed by atoms with Gasteiger partial charge in [0.05, 0.1) is 0 Å². The second-order valence-electron chi connectivity index (χ2n) is 1.58. The minimum Gasteiger partial charge on any atom is -0.383 e. The lowest BCUT2D eigenvalue weighted by atomic mass is 10.8. The summed E-state index contributed by atoms with van der Waals surface area (Å²) in [5, 5.41) is 3.74. The third-order valence-corrected chi connectivity index (χ3v) is 1.69. The van der Waals surface area contributed by atoms with E-state index in [1.54, 1.807) is 0 Å². The number of aromatic nitrogens is 1. The zero-order valence-electron chi connectivity index (χ0n) is 4.43. The van der Waals surface area contributed by atoms with Crippen molar-refractivity contribution in [1.29, 1.82) is 0 Å². The van der Waals surface area contributed by atoms with Crippen molar-refractivity contribution in [3.05, 3.63) is 6.07 Å². The van der Waals surface area contributed by atoms with Crippen LogP contribution < -0.4 is 9.18 Å². The van der Waals surface area contributed by atoms with Gasteiger partial charge in [0, 0.05) is 4.62 Å². The highest BCUT2D eigenvalue weighted by molar-refractivity contribution is 6.35. The number of rotatable bonds is 0. The van der Waals surface area contributed by atoms with Crippen LogP contribution in [0.25, 0.3) is 0 Å². The van der Waals surface area contributed by atoms with Gasteiger partial charge in [-0.1, -0.05) is 0 Å². The lowest BCUT2D eigenvalue weighted by molar-refractivity contribution is 0.452. The van der Waals surface area contributed by atoms with E-state index in [9.17, 15) is 0 Å². The summed E-state index contributed by atoms with van der Waals surface area (Å²) in [5.41, 5.74) is 0. The summed E-state index contributed by atoms with van der Waals surface area (Å²) in [6.45, 7) is 0. The van der Waals surface area contributed by atoms with Gasteiger partial charge in [-0.05, 0) is 10.6 Å². The van der Waals surface area contributed by atoms with Crippen molar-refractivity contribution in [2.75, 3.05) is 0 Å². The minimum atomic E-state index is 0.988. The molecule has 0 radical (unpaired) electrons. The largest absolute Gasteiger partial charge is 0.383 e. The molecule has 7 heavy (non-hydrogen) atoms. The lowest BCUT2D eigenvalue weighted by Crippen LogP contribution is -2.02. The fourth-order valence-corrected chi connectivity index (χ4v) is 2.08. The average molecular weight is 125 g/mol. The van der Waals surface area contributed by atoms with Crippen LogP contribution in [0.1, 0.15) is 0 Å². The van der Waals surface area contributed by atoms with E-state index in [1.165, 1.54) is 0 Å². The van der Waals surface area contributed by atoms with Crippen molar-refractivity contribution >= 4 is 41.8 Å². The first-order valence-corrected chi connectivity index (χ1v) is 4.19. The summed E-state index contributed by atoms with van der Waals surface area (Å²) < 4.78 is 6.97. The molecule has 0 spiro atoms. The van der Waals surface area contributed by atoms with E-state index >= 15 is 0 Å². The van der Waals surface area contributed by atoms with Gasteiger partial charge in [-0.25, -0.2) is 0 Å². The van der Waals surface area contributed by atoms with E-state index in [-0.39, 0.29) is 0 Å². The third-order valence-electron chi connectivity index (χ3n) is 0.746. The Morgan fingerprint density at radius 1 is 1.57 bits per heavy atom. The van der Waals surface area contributed by atoms with Crippen LogP contribution in [0.2, 0.25) is 0 Å². The SMILES string of the molecule is [AlH2][c]1c[c]([AlH2])on1. The Morgan fingerprint density at radius 2 is 2.29 bits per heavy atom. The van der Waals surface area contributed by atoms with Gasteiger partial charge in [-0.2, -0.15) is 0 Å². The van der Waals surface area contributed by atoms with Crippen LogP contribution >= 0.6 is 0 Å². The maximum atomic E-state index is 4.81. The summed E-state index contributed by atoms with van der Waals surface area (Å²) in [7, 11) is 0. The van der Waals surface area contributed by atoms with Crippen molar-refractivity contribution < 1.29 is 4.52 Å². The first kappa shape index (κ1) is 5.41. The van der Waals surface area contributed by atoms with Crippen LogP contribution in [-0.2, 0) is 0 Å². The molecule has 1 heterocycles. The van der Waals surface area contributed by atoms with Crippen molar-refractivity contribution in [2.24, 2.45) is 0 Å². The zero-order valence-corrected chi connectivity index (χ0v) is 8.43. The second kappa shape index (κ2) is 2.03. The quantitative estimate of drug-likeness (QED) is 0.350. The number of nitrogens with zero attached hydrogens (tertiary/aromatic N) is 1. The van der Waals surface area contributed by atoms with E-state index in [2.05, 4.69) is 5.16 Å². The third kappa shape index (κ3) is 1.33. The summed E-state index contributed by atoms with van der Waals surface area (Å²) in [4.78, 5) is 0. The Balaban J connectivity index is 3.04. The van der Waals surface area contributed by atoms with Gasteiger partial charge in [0.25, 0.3) is 16.3 Å². The summed E-state index contributed by atoms with van der Waals surface area (Å²) in [6.07, 6.45) is 0. The Hall–Kier alpha value is 0.275. The smallest absolute Gasteiger partial charge is 0.323 e. The first-order chi connectivity index (χ1) is 3.29. The van der Waals surface area contributed by atoms with Crippen molar-refractivity contribution in [3.63, 3.8) is 0 Å². The zero-order chi connectivity index (χ0) is 5.28. The molecule has 0 saturated heterocycles. The molecule has 0 aliphatic heterocycles. The number of hydrogen-bond acceptors (Lipinski definition) is 2. The lowest BCUT2D eigenvalue weighted by Gasteiger charge is -1.66. The highest BCUT2D eigenvalue weighted by atomic mass is 27.1. The van der Waals surface area contributed by atoms with Crippen LogP contribution in [0, 0.1) is 0 Å². The fraction of sp³-hybridized carbons (Fsp3) is 0. The molecule has 0 fully saturated rings. The van der Waals surface area contributed by atoms with Crippen LogP contribution in [0.3, 0.4) is 0 Å².